The largest absolute Gasteiger partial charge is 0.462 e. The molecule has 0 aliphatic heterocycles. The second kappa shape index (κ2) is 47.5. The summed E-state index contributed by atoms with van der Waals surface area (Å²) in [6, 6.07) is 0. The zero-order valence-electron chi connectivity index (χ0n) is 38.5. The number of carbonyl (C=O) groups excluding carboxylic acids is 3. The molecule has 0 aliphatic carbocycles. The summed E-state index contributed by atoms with van der Waals surface area (Å²) in [6.07, 6.45) is 58.9. The van der Waals surface area contributed by atoms with Crippen molar-refractivity contribution in [1.29, 1.82) is 0 Å². The highest BCUT2D eigenvalue weighted by atomic mass is 16.6. The highest BCUT2D eigenvalue weighted by Gasteiger charge is 2.19. The lowest BCUT2D eigenvalue weighted by Crippen LogP contribution is -2.30. The third-order valence-electron chi connectivity index (χ3n) is 10.2. The Morgan fingerprint density at radius 2 is 0.763 bits per heavy atom. The van der Waals surface area contributed by atoms with Gasteiger partial charge < -0.3 is 14.2 Å². The van der Waals surface area contributed by atoms with E-state index in [1.807, 2.05) is 6.08 Å². The molecule has 0 aromatic carbocycles. The third kappa shape index (κ3) is 45.8. The van der Waals surface area contributed by atoms with Gasteiger partial charge in [0, 0.05) is 19.3 Å². The number of unbranched alkanes of at least 4 members (excludes halogenated alkanes) is 22. The smallest absolute Gasteiger partial charge is 0.306 e. The van der Waals surface area contributed by atoms with Gasteiger partial charge in [-0.15, -0.1) is 0 Å². The van der Waals surface area contributed by atoms with Crippen LogP contribution < -0.4 is 0 Å². The first-order valence-electron chi connectivity index (χ1n) is 24.5. The fraction of sp³-hybridized carbons (Fsp3) is 0.717. The van der Waals surface area contributed by atoms with Crippen molar-refractivity contribution in [1.82, 2.24) is 0 Å². The maximum atomic E-state index is 12.7. The van der Waals surface area contributed by atoms with Crippen LogP contribution in [0.25, 0.3) is 0 Å². The maximum Gasteiger partial charge on any atom is 0.306 e. The molecular formula is C53H90O6. The van der Waals surface area contributed by atoms with Gasteiger partial charge in [0.2, 0.25) is 0 Å². The van der Waals surface area contributed by atoms with Crippen molar-refractivity contribution in [3.63, 3.8) is 0 Å². The SMILES string of the molecule is CC/C=C/C=C/C=C/CCCCCCCC(=O)OC(COC(=O)CC/C=C/C/C=C/CCCCCCCC)COC(=O)CCCCCCCCC/C=C/CCCCCC. The lowest BCUT2D eigenvalue weighted by molar-refractivity contribution is -0.166. The number of esters is 3. The standard InChI is InChI=1S/C53H90O6/c1-4-7-10-13-16-19-22-25-26-29-31-34-37-40-43-46-52(55)58-49-50(59-53(56)47-44-41-38-35-32-28-24-21-18-15-12-9-6-3)48-57-51(54)45-42-39-36-33-30-27-23-20-17-14-11-8-5-2/h9,12,15,18-19,21-22,24,27,30,36,39,50H,4-8,10-11,13-14,16-17,20,23,25-26,28-29,31-35,37-38,40-49H2,1-3H3/b12-9+,18-15+,22-19+,24-21+,30-27+,39-36+. The van der Waals surface area contributed by atoms with Crippen molar-refractivity contribution in [2.45, 2.75) is 232 Å². The van der Waals surface area contributed by atoms with Gasteiger partial charge in [-0.1, -0.05) is 196 Å². The molecular weight excluding hydrogens is 733 g/mol. The topological polar surface area (TPSA) is 78.9 Å². The van der Waals surface area contributed by atoms with Crippen molar-refractivity contribution >= 4 is 17.9 Å². The second-order valence-corrected chi connectivity index (χ2v) is 16.0. The van der Waals surface area contributed by atoms with Crippen LogP contribution in [0.5, 0.6) is 0 Å². The highest BCUT2D eigenvalue weighted by molar-refractivity contribution is 5.71. The molecule has 0 bridgehead atoms. The molecule has 338 valence electrons. The van der Waals surface area contributed by atoms with Gasteiger partial charge in [0.05, 0.1) is 0 Å². The molecule has 6 heteroatoms. The van der Waals surface area contributed by atoms with Crippen LogP contribution in [-0.2, 0) is 28.6 Å². The fourth-order valence-corrected chi connectivity index (χ4v) is 6.55. The molecule has 0 fully saturated rings. The van der Waals surface area contributed by atoms with Crippen molar-refractivity contribution < 1.29 is 28.6 Å². The molecule has 0 rings (SSSR count). The van der Waals surface area contributed by atoms with Gasteiger partial charge in [-0.25, -0.2) is 0 Å². The number of carbonyl (C=O) groups is 3. The second-order valence-electron chi connectivity index (χ2n) is 16.0. The van der Waals surface area contributed by atoms with Gasteiger partial charge in [-0.3, -0.25) is 14.4 Å². The van der Waals surface area contributed by atoms with Crippen LogP contribution in [0.15, 0.2) is 72.9 Å². The minimum absolute atomic E-state index is 0.104. The minimum atomic E-state index is -0.808. The third-order valence-corrected chi connectivity index (χ3v) is 10.2. The molecule has 59 heavy (non-hydrogen) atoms. The number of allylic oxidation sites excluding steroid dienone is 12. The van der Waals surface area contributed by atoms with E-state index in [1.54, 1.807) is 0 Å². The molecule has 0 radical (unpaired) electrons. The van der Waals surface area contributed by atoms with Crippen molar-refractivity contribution in [3.8, 4) is 0 Å². The fourth-order valence-electron chi connectivity index (χ4n) is 6.55. The molecule has 0 aromatic heterocycles. The summed E-state index contributed by atoms with van der Waals surface area (Å²) in [5.41, 5.74) is 0. The molecule has 0 spiro atoms. The Morgan fingerprint density at radius 3 is 1.29 bits per heavy atom. The van der Waals surface area contributed by atoms with E-state index in [9.17, 15) is 14.4 Å². The number of ether oxygens (including phenoxy) is 3. The number of rotatable bonds is 43. The van der Waals surface area contributed by atoms with Gasteiger partial charge in [0.25, 0.3) is 0 Å². The predicted octanol–water partition coefficient (Wildman–Crippen LogP) is 15.9. The van der Waals surface area contributed by atoms with E-state index in [1.165, 1.54) is 103 Å². The van der Waals surface area contributed by atoms with Crippen LogP contribution in [0, 0.1) is 0 Å². The lowest BCUT2D eigenvalue weighted by atomic mass is 10.1. The minimum Gasteiger partial charge on any atom is -0.462 e. The van der Waals surface area contributed by atoms with E-state index in [0.717, 1.165) is 77.0 Å². The number of hydrogen-bond donors (Lipinski definition) is 0. The molecule has 0 N–H and O–H groups in total. The van der Waals surface area contributed by atoms with E-state index in [-0.39, 0.29) is 37.5 Å². The summed E-state index contributed by atoms with van der Waals surface area (Å²) in [5.74, 6) is -1.00. The van der Waals surface area contributed by atoms with Crippen molar-refractivity contribution in [2.24, 2.45) is 0 Å². The van der Waals surface area contributed by atoms with Crippen LogP contribution >= 0.6 is 0 Å². The molecule has 1 unspecified atom stereocenters. The predicted molar refractivity (Wildman–Crippen MR) is 251 cm³/mol. The first kappa shape index (κ1) is 55.9. The molecule has 6 nitrogen and oxygen atoms in total. The molecule has 1 atom stereocenters. The summed E-state index contributed by atoms with van der Waals surface area (Å²) in [7, 11) is 0. The Kier molecular flexibility index (Phi) is 45.0. The Bertz CT molecular complexity index is 1130. The van der Waals surface area contributed by atoms with Gasteiger partial charge in [-0.05, 0) is 83.5 Å². The summed E-state index contributed by atoms with van der Waals surface area (Å²) < 4.78 is 16.7. The van der Waals surface area contributed by atoms with Crippen LogP contribution in [-0.4, -0.2) is 37.2 Å². The average molecular weight is 823 g/mol. The Balaban J connectivity index is 4.48. The highest BCUT2D eigenvalue weighted by Crippen LogP contribution is 2.13. The first-order chi connectivity index (χ1) is 29.0. The molecule has 0 saturated carbocycles. The van der Waals surface area contributed by atoms with E-state index in [2.05, 4.69) is 87.6 Å². The molecule has 0 saturated heterocycles. The zero-order chi connectivity index (χ0) is 43.0. The van der Waals surface area contributed by atoms with E-state index in [0.29, 0.717) is 19.3 Å². The van der Waals surface area contributed by atoms with E-state index >= 15 is 0 Å². The van der Waals surface area contributed by atoms with Gasteiger partial charge in [0.15, 0.2) is 6.10 Å². The van der Waals surface area contributed by atoms with E-state index in [4.69, 9.17) is 14.2 Å². The molecule has 0 heterocycles. The molecule has 0 amide bonds. The summed E-state index contributed by atoms with van der Waals surface area (Å²) in [6.45, 7) is 6.40. The summed E-state index contributed by atoms with van der Waals surface area (Å²) in [4.78, 5) is 37.8. The monoisotopic (exact) mass is 823 g/mol. The van der Waals surface area contributed by atoms with Crippen LogP contribution in [0.4, 0.5) is 0 Å². The van der Waals surface area contributed by atoms with E-state index < -0.39 is 6.10 Å². The number of hydrogen-bond acceptors (Lipinski definition) is 6. The normalized spacial score (nSPS) is 12.7. The maximum absolute atomic E-state index is 12.7. The molecule has 0 aromatic rings. The van der Waals surface area contributed by atoms with Crippen LogP contribution in [0.2, 0.25) is 0 Å². The zero-order valence-corrected chi connectivity index (χ0v) is 38.5. The van der Waals surface area contributed by atoms with Crippen molar-refractivity contribution in [3.05, 3.63) is 72.9 Å². The van der Waals surface area contributed by atoms with Gasteiger partial charge in [-0.2, -0.15) is 0 Å². The average Bonchev–Trinajstić information content (AvgIpc) is 3.23. The summed E-state index contributed by atoms with van der Waals surface area (Å²) >= 11 is 0. The van der Waals surface area contributed by atoms with Crippen molar-refractivity contribution in [2.75, 3.05) is 13.2 Å². The van der Waals surface area contributed by atoms with Gasteiger partial charge in [0.1, 0.15) is 13.2 Å². The Morgan fingerprint density at radius 1 is 0.373 bits per heavy atom. The Hall–Kier alpha value is -3.15. The van der Waals surface area contributed by atoms with Crippen LogP contribution in [0.3, 0.4) is 0 Å². The van der Waals surface area contributed by atoms with Gasteiger partial charge >= 0.3 is 17.9 Å². The first-order valence-corrected chi connectivity index (χ1v) is 24.5. The molecule has 0 aliphatic rings. The quantitative estimate of drug-likeness (QED) is 0.0200. The summed E-state index contributed by atoms with van der Waals surface area (Å²) in [5, 5.41) is 0. The lowest BCUT2D eigenvalue weighted by Gasteiger charge is -2.18. The Labute approximate surface area is 363 Å². The van der Waals surface area contributed by atoms with Crippen LogP contribution in [0.1, 0.15) is 226 Å².